The Balaban J connectivity index is 2.07. The van der Waals surface area contributed by atoms with Crippen LogP contribution in [0.1, 0.15) is 12.7 Å². The highest BCUT2D eigenvalue weighted by Crippen LogP contribution is 2.38. The van der Waals surface area contributed by atoms with Gasteiger partial charge in [0.1, 0.15) is 15.8 Å². The molecule has 0 spiro atoms. The van der Waals surface area contributed by atoms with Gasteiger partial charge in [-0.1, -0.05) is 24.6 Å². The summed E-state index contributed by atoms with van der Waals surface area (Å²) in [7, 11) is 2.05. The van der Waals surface area contributed by atoms with Crippen LogP contribution < -0.4 is 0 Å². The van der Waals surface area contributed by atoms with E-state index in [-0.39, 0.29) is 0 Å². The van der Waals surface area contributed by atoms with Gasteiger partial charge in [0.05, 0.1) is 11.9 Å². The Morgan fingerprint density at radius 1 is 1.30 bits per heavy atom. The second kappa shape index (κ2) is 5.77. The maximum Gasteiger partial charge on any atom is 0.145 e. The molecule has 0 unspecified atom stereocenters. The van der Waals surface area contributed by atoms with Crippen LogP contribution in [-0.4, -0.2) is 28.5 Å². The van der Waals surface area contributed by atoms with Gasteiger partial charge in [-0.3, -0.25) is 4.90 Å². The van der Waals surface area contributed by atoms with E-state index in [0.29, 0.717) is 5.15 Å². The molecule has 0 fully saturated rings. The average molecular weight is 324 g/mol. The van der Waals surface area contributed by atoms with Gasteiger partial charge in [-0.2, -0.15) is 0 Å². The molecule has 104 valence electrons. The van der Waals surface area contributed by atoms with Gasteiger partial charge in [-0.25, -0.2) is 9.97 Å². The number of hydrogen-bond donors (Lipinski definition) is 0. The lowest BCUT2D eigenvalue weighted by molar-refractivity contribution is 0.337. The Morgan fingerprint density at radius 3 is 2.85 bits per heavy atom. The summed E-state index contributed by atoms with van der Waals surface area (Å²) in [6, 6.07) is 4.14. The Labute approximate surface area is 130 Å². The molecule has 0 aromatic carbocycles. The van der Waals surface area contributed by atoms with Crippen LogP contribution >= 0.6 is 34.3 Å². The van der Waals surface area contributed by atoms with E-state index in [1.807, 2.05) is 13.1 Å². The van der Waals surface area contributed by atoms with Crippen LogP contribution in [0.2, 0.25) is 5.15 Å². The quantitative estimate of drug-likeness (QED) is 0.661. The van der Waals surface area contributed by atoms with Crippen molar-refractivity contribution in [3.8, 4) is 10.4 Å². The summed E-state index contributed by atoms with van der Waals surface area (Å²) >= 11 is 9.73. The van der Waals surface area contributed by atoms with Crippen LogP contribution in [0.4, 0.5) is 0 Å². The maximum absolute atomic E-state index is 6.39. The van der Waals surface area contributed by atoms with E-state index in [4.69, 9.17) is 11.6 Å². The van der Waals surface area contributed by atoms with E-state index >= 15 is 0 Å². The summed E-state index contributed by atoms with van der Waals surface area (Å²) in [5.41, 5.74) is 1.14. The highest BCUT2D eigenvalue weighted by atomic mass is 35.5. The third-order valence-corrected chi connectivity index (χ3v) is 5.22. The van der Waals surface area contributed by atoms with Crippen molar-refractivity contribution in [2.75, 3.05) is 13.6 Å². The zero-order valence-corrected chi connectivity index (χ0v) is 13.6. The van der Waals surface area contributed by atoms with Gasteiger partial charge in [0.25, 0.3) is 0 Å². The lowest BCUT2D eigenvalue weighted by Crippen LogP contribution is -2.18. The van der Waals surface area contributed by atoms with E-state index in [0.717, 1.165) is 34.7 Å². The first-order valence-electron chi connectivity index (χ1n) is 6.35. The largest absolute Gasteiger partial charge is 0.299 e. The number of aromatic nitrogens is 2. The molecule has 0 aliphatic rings. The molecule has 0 saturated carbocycles. The number of halogens is 1. The zero-order valence-electron chi connectivity index (χ0n) is 11.3. The molecule has 0 aliphatic heterocycles. The van der Waals surface area contributed by atoms with Gasteiger partial charge in [0.2, 0.25) is 0 Å². The van der Waals surface area contributed by atoms with E-state index in [2.05, 4.69) is 38.6 Å². The van der Waals surface area contributed by atoms with Gasteiger partial charge in [0.15, 0.2) is 0 Å². The van der Waals surface area contributed by atoms with Crippen molar-refractivity contribution in [1.29, 1.82) is 0 Å². The minimum Gasteiger partial charge on any atom is -0.299 e. The molecule has 0 saturated heterocycles. The molecular formula is C14H14ClN3S2. The number of nitrogens with zero attached hydrogens (tertiary/aromatic N) is 3. The summed E-state index contributed by atoms with van der Waals surface area (Å²) in [4.78, 5) is 13.4. The first kappa shape index (κ1) is 13.9. The molecule has 3 rings (SSSR count). The lowest BCUT2D eigenvalue weighted by Gasteiger charge is -2.12. The number of hydrogen-bond acceptors (Lipinski definition) is 5. The summed E-state index contributed by atoms with van der Waals surface area (Å²) in [5, 5.41) is 5.71. The lowest BCUT2D eigenvalue weighted by atomic mass is 10.2. The van der Waals surface area contributed by atoms with Crippen molar-refractivity contribution in [2.45, 2.75) is 13.5 Å². The fraction of sp³-hybridized carbons (Fsp3) is 0.286. The van der Waals surface area contributed by atoms with Crippen LogP contribution in [0.5, 0.6) is 0 Å². The van der Waals surface area contributed by atoms with Gasteiger partial charge in [0, 0.05) is 15.8 Å². The third-order valence-electron chi connectivity index (χ3n) is 3.17. The first-order valence-corrected chi connectivity index (χ1v) is 8.48. The summed E-state index contributed by atoms with van der Waals surface area (Å²) < 4.78 is 0. The van der Waals surface area contributed by atoms with E-state index in [1.54, 1.807) is 22.7 Å². The minimum atomic E-state index is 0.555. The second-order valence-corrected chi connectivity index (χ2v) is 6.73. The molecule has 0 radical (unpaired) electrons. The Morgan fingerprint density at radius 2 is 2.15 bits per heavy atom. The Bertz CT molecular complexity index is 721. The molecule has 0 N–H and O–H groups in total. The number of thiophene rings is 2. The first-order chi connectivity index (χ1) is 9.69. The topological polar surface area (TPSA) is 29.0 Å². The van der Waals surface area contributed by atoms with Crippen LogP contribution in [0, 0.1) is 0 Å². The van der Waals surface area contributed by atoms with Crippen LogP contribution in [-0.2, 0) is 6.54 Å². The molecule has 6 heteroatoms. The maximum atomic E-state index is 6.39. The monoisotopic (exact) mass is 323 g/mol. The van der Waals surface area contributed by atoms with E-state index in [9.17, 15) is 0 Å². The van der Waals surface area contributed by atoms with Crippen molar-refractivity contribution in [1.82, 2.24) is 14.9 Å². The molecular weight excluding hydrogens is 310 g/mol. The molecule has 0 amide bonds. The van der Waals surface area contributed by atoms with Crippen molar-refractivity contribution in [3.05, 3.63) is 33.9 Å². The van der Waals surface area contributed by atoms with Crippen molar-refractivity contribution < 1.29 is 0 Å². The minimum absolute atomic E-state index is 0.555. The smallest absolute Gasteiger partial charge is 0.145 e. The molecule has 3 aromatic rings. The zero-order chi connectivity index (χ0) is 14.1. The van der Waals surface area contributed by atoms with Crippen molar-refractivity contribution >= 4 is 44.5 Å². The normalized spacial score (nSPS) is 11.6. The van der Waals surface area contributed by atoms with Crippen molar-refractivity contribution in [3.63, 3.8) is 0 Å². The fourth-order valence-corrected chi connectivity index (χ4v) is 4.10. The standard InChI is InChI=1S/C14H14ClN3S2/c1-3-18(2)7-11-16-13(15)12-9(8-20-14(12)17-11)10-5-4-6-19-10/h4-6,8H,3,7H2,1-2H3. The fourth-order valence-electron chi connectivity index (χ4n) is 1.98. The third kappa shape index (κ3) is 2.59. The molecule has 0 aliphatic carbocycles. The molecule has 0 atom stereocenters. The predicted molar refractivity (Wildman–Crippen MR) is 87.7 cm³/mol. The van der Waals surface area contributed by atoms with E-state index in [1.165, 1.54) is 4.88 Å². The molecule has 20 heavy (non-hydrogen) atoms. The number of fused-ring (bicyclic) bond motifs is 1. The highest BCUT2D eigenvalue weighted by molar-refractivity contribution is 7.18. The molecule has 0 bridgehead atoms. The van der Waals surface area contributed by atoms with Crippen molar-refractivity contribution in [2.24, 2.45) is 0 Å². The summed E-state index contributed by atoms with van der Waals surface area (Å²) in [6.45, 7) is 3.79. The summed E-state index contributed by atoms with van der Waals surface area (Å²) in [5.74, 6) is 0.784. The van der Waals surface area contributed by atoms with Crippen LogP contribution in [0.25, 0.3) is 20.7 Å². The van der Waals surface area contributed by atoms with Gasteiger partial charge in [-0.15, -0.1) is 22.7 Å². The van der Waals surface area contributed by atoms with Gasteiger partial charge < -0.3 is 0 Å². The van der Waals surface area contributed by atoms with Crippen LogP contribution in [0.3, 0.4) is 0 Å². The average Bonchev–Trinajstić information content (AvgIpc) is 3.06. The number of rotatable bonds is 4. The Hall–Kier alpha value is -1.01. The molecule has 3 heterocycles. The Kier molecular flexibility index (Phi) is 4.03. The SMILES string of the molecule is CCN(C)Cc1nc(Cl)c2c(-c3cccs3)csc2n1. The van der Waals surface area contributed by atoms with E-state index < -0.39 is 0 Å². The highest BCUT2D eigenvalue weighted by Gasteiger charge is 2.15. The second-order valence-electron chi connectivity index (χ2n) is 4.57. The molecule has 3 aromatic heterocycles. The van der Waals surface area contributed by atoms with Gasteiger partial charge in [-0.05, 0) is 25.0 Å². The predicted octanol–water partition coefficient (Wildman–Crippen LogP) is 4.52. The van der Waals surface area contributed by atoms with Crippen LogP contribution in [0.15, 0.2) is 22.9 Å². The molecule has 3 nitrogen and oxygen atoms in total. The van der Waals surface area contributed by atoms with Gasteiger partial charge >= 0.3 is 0 Å². The summed E-state index contributed by atoms with van der Waals surface area (Å²) in [6.07, 6.45) is 0.